The average Bonchev–Trinajstić information content (AvgIpc) is 2.88. The van der Waals surface area contributed by atoms with Crippen LogP contribution in [-0.4, -0.2) is 25.7 Å². The fraction of sp³-hybridized carbons (Fsp3) is 0.250. The van der Waals surface area contributed by atoms with Gasteiger partial charge in [-0.3, -0.25) is 4.79 Å². The standard InChI is InChI=1S/C20H20ClNO4/c1-2-24-17-7-4-3-6-16(17)22-19(23)9-8-14-12-15(21)20-18(13-14)25-10-5-11-26-20/h3-4,6-9,12-13H,2,5,10-11H2,1H3,(H,22,23)/b9-8+. The van der Waals surface area contributed by atoms with Crippen molar-refractivity contribution in [1.82, 2.24) is 0 Å². The third-order valence-corrected chi connectivity index (χ3v) is 3.98. The van der Waals surface area contributed by atoms with Gasteiger partial charge in [0.15, 0.2) is 11.5 Å². The number of halogens is 1. The van der Waals surface area contributed by atoms with Crippen LogP contribution in [0.2, 0.25) is 5.02 Å². The predicted molar refractivity (Wildman–Crippen MR) is 102 cm³/mol. The molecule has 2 aromatic rings. The number of hydrogen-bond donors (Lipinski definition) is 1. The molecule has 5 nitrogen and oxygen atoms in total. The number of carbonyl (C=O) groups excluding carboxylic acids is 1. The summed E-state index contributed by atoms with van der Waals surface area (Å²) in [6.07, 6.45) is 3.93. The van der Waals surface area contributed by atoms with E-state index in [1.54, 1.807) is 18.2 Å². The van der Waals surface area contributed by atoms with Crippen LogP contribution in [0, 0.1) is 0 Å². The Labute approximate surface area is 157 Å². The molecule has 1 N–H and O–H groups in total. The minimum Gasteiger partial charge on any atom is -0.492 e. The quantitative estimate of drug-likeness (QED) is 0.781. The molecule has 0 radical (unpaired) electrons. The van der Waals surface area contributed by atoms with E-state index in [0.29, 0.717) is 47.8 Å². The summed E-state index contributed by atoms with van der Waals surface area (Å²) < 4.78 is 16.8. The van der Waals surface area contributed by atoms with Crippen molar-refractivity contribution in [1.29, 1.82) is 0 Å². The molecule has 1 aliphatic heterocycles. The topological polar surface area (TPSA) is 56.8 Å². The van der Waals surface area contributed by atoms with E-state index < -0.39 is 0 Å². The Hall–Kier alpha value is -2.66. The summed E-state index contributed by atoms with van der Waals surface area (Å²) in [5.74, 6) is 1.52. The van der Waals surface area contributed by atoms with Crippen molar-refractivity contribution in [3.8, 4) is 17.2 Å². The molecule has 0 aliphatic carbocycles. The number of anilines is 1. The molecule has 0 fully saturated rings. The van der Waals surface area contributed by atoms with E-state index in [2.05, 4.69) is 5.32 Å². The Kier molecular flexibility index (Phi) is 6.02. The lowest BCUT2D eigenvalue weighted by atomic mass is 10.2. The van der Waals surface area contributed by atoms with Crippen LogP contribution in [0.25, 0.3) is 6.08 Å². The van der Waals surface area contributed by atoms with Crippen molar-refractivity contribution >= 4 is 29.3 Å². The second kappa shape index (κ2) is 8.63. The van der Waals surface area contributed by atoms with Gasteiger partial charge in [-0.05, 0) is 42.8 Å². The van der Waals surface area contributed by atoms with Crippen LogP contribution in [0.15, 0.2) is 42.5 Å². The van der Waals surface area contributed by atoms with Crippen LogP contribution in [-0.2, 0) is 4.79 Å². The van der Waals surface area contributed by atoms with Gasteiger partial charge in [-0.15, -0.1) is 0 Å². The third kappa shape index (κ3) is 4.49. The highest BCUT2D eigenvalue weighted by molar-refractivity contribution is 6.32. The van der Waals surface area contributed by atoms with Gasteiger partial charge in [0, 0.05) is 12.5 Å². The molecule has 1 aliphatic rings. The summed E-state index contributed by atoms with van der Waals surface area (Å²) in [6, 6.07) is 10.9. The largest absolute Gasteiger partial charge is 0.492 e. The van der Waals surface area contributed by atoms with E-state index in [4.69, 9.17) is 25.8 Å². The Bertz CT molecular complexity index is 819. The molecule has 0 atom stereocenters. The second-order valence-electron chi connectivity index (χ2n) is 5.63. The first-order chi connectivity index (χ1) is 12.7. The van der Waals surface area contributed by atoms with E-state index in [1.807, 2.05) is 31.2 Å². The Balaban J connectivity index is 1.73. The van der Waals surface area contributed by atoms with Crippen LogP contribution in [0.5, 0.6) is 17.2 Å². The lowest BCUT2D eigenvalue weighted by Crippen LogP contribution is -2.09. The number of benzene rings is 2. The zero-order chi connectivity index (χ0) is 18.4. The molecule has 136 valence electrons. The van der Waals surface area contributed by atoms with Crippen molar-refractivity contribution in [2.75, 3.05) is 25.1 Å². The van der Waals surface area contributed by atoms with E-state index in [-0.39, 0.29) is 5.91 Å². The van der Waals surface area contributed by atoms with Crippen molar-refractivity contribution in [3.05, 3.63) is 53.1 Å². The van der Waals surface area contributed by atoms with E-state index in [9.17, 15) is 4.79 Å². The van der Waals surface area contributed by atoms with E-state index in [0.717, 1.165) is 12.0 Å². The first kappa shape index (κ1) is 18.1. The highest BCUT2D eigenvalue weighted by Gasteiger charge is 2.15. The number of amides is 1. The minimum absolute atomic E-state index is 0.264. The van der Waals surface area contributed by atoms with Gasteiger partial charge >= 0.3 is 0 Å². The summed E-state index contributed by atoms with van der Waals surface area (Å²) >= 11 is 6.26. The first-order valence-electron chi connectivity index (χ1n) is 8.47. The normalized spacial score (nSPS) is 13.3. The Morgan fingerprint density at radius 3 is 2.92 bits per heavy atom. The van der Waals surface area contributed by atoms with Gasteiger partial charge in [0.25, 0.3) is 0 Å². The monoisotopic (exact) mass is 373 g/mol. The minimum atomic E-state index is -0.264. The number of rotatable bonds is 5. The summed E-state index contributed by atoms with van der Waals surface area (Å²) in [4.78, 5) is 12.2. The number of para-hydroxylation sites is 2. The number of hydrogen-bond acceptors (Lipinski definition) is 4. The molecular formula is C20H20ClNO4. The average molecular weight is 374 g/mol. The summed E-state index contributed by atoms with van der Waals surface area (Å²) in [6.45, 7) is 3.57. The molecule has 0 bridgehead atoms. The Morgan fingerprint density at radius 2 is 2.08 bits per heavy atom. The van der Waals surface area contributed by atoms with Crippen LogP contribution < -0.4 is 19.5 Å². The van der Waals surface area contributed by atoms with Crippen LogP contribution in [0.4, 0.5) is 5.69 Å². The molecule has 1 heterocycles. The number of nitrogens with one attached hydrogen (secondary N) is 1. The lowest BCUT2D eigenvalue weighted by Gasteiger charge is -2.10. The smallest absolute Gasteiger partial charge is 0.248 e. The molecule has 0 unspecified atom stereocenters. The maximum absolute atomic E-state index is 12.2. The summed E-state index contributed by atoms with van der Waals surface area (Å²) in [7, 11) is 0. The van der Waals surface area contributed by atoms with Crippen molar-refractivity contribution in [2.45, 2.75) is 13.3 Å². The Morgan fingerprint density at radius 1 is 1.27 bits per heavy atom. The number of fused-ring (bicyclic) bond motifs is 1. The van der Waals surface area contributed by atoms with Gasteiger partial charge < -0.3 is 19.5 Å². The molecule has 3 rings (SSSR count). The third-order valence-electron chi connectivity index (χ3n) is 3.70. The zero-order valence-electron chi connectivity index (χ0n) is 14.5. The molecular weight excluding hydrogens is 354 g/mol. The molecule has 6 heteroatoms. The van der Waals surface area contributed by atoms with E-state index >= 15 is 0 Å². The zero-order valence-corrected chi connectivity index (χ0v) is 15.2. The highest BCUT2D eigenvalue weighted by Crippen LogP contribution is 2.38. The van der Waals surface area contributed by atoms with Crippen LogP contribution in [0.1, 0.15) is 18.9 Å². The molecule has 2 aromatic carbocycles. The maximum Gasteiger partial charge on any atom is 0.248 e. The molecule has 1 amide bonds. The molecule has 26 heavy (non-hydrogen) atoms. The van der Waals surface area contributed by atoms with Crippen molar-refractivity contribution < 1.29 is 19.0 Å². The first-order valence-corrected chi connectivity index (χ1v) is 8.85. The second-order valence-corrected chi connectivity index (χ2v) is 6.04. The van der Waals surface area contributed by atoms with E-state index in [1.165, 1.54) is 6.08 Å². The van der Waals surface area contributed by atoms with Crippen LogP contribution in [0.3, 0.4) is 0 Å². The van der Waals surface area contributed by atoms with Crippen molar-refractivity contribution in [3.63, 3.8) is 0 Å². The molecule has 0 saturated carbocycles. The van der Waals surface area contributed by atoms with Gasteiger partial charge in [-0.1, -0.05) is 23.7 Å². The fourth-order valence-corrected chi connectivity index (χ4v) is 2.82. The van der Waals surface area contributed by atoms with Gasteiger partial charge in [-0.2, -0.15) is 0 Å². The molecule has 0 aromatic heterocycles. The van der Waals surface area contributed by atoms with Gasteiger partial charge in [-0.25, -0.2) is 0 Å². The van der Waals surface area contributed by atoms with Crippen molar-refractivity contribution in [2.24, 2.45) is 0 Å². The molecule has 0 spiro atoms. The predicted octanol–water partition coefficient (Wildman–Crippen LogP) is 4.55. The SMILES string of the molecule is CCOc1ccccc1NC(=O)/C=C/c1cc(Cl)c2c(c1)OCCCO2. The van der Waals surface area contributed by atoms with Crippen LogP contribution >= 0.6 is 11.6 Å². The highest BCUT2D eigenvalue weighted by atomic mass is 35.5. The van der Waals surface area contributed by atoms with Gasteiger partial charge in [0.1, 0.15) is 5.75 Å². The number of ether oxygens (including phenoxy) is 3. The number of carbonyl (C=O) groups is 1. The van der Waals surface area contributed by atoms with Gasteiger partial charge in [0.05, 0.1) is 30.5 Å². The maximum atomic E-state index is 12.2. The van der Waals surface area contributed by atoms with Gasteiger partial charge in [0.2, 0.25) is 5.91 Å². The summed E-state index contributed by atoms with van der Waals surface area (Å²) in [5.41, 5.74) is 1.38. The summed E-state index contributed by atoms with van der Waals surface area (Å²) in [5, 5.41) is 3.28. The fourth-order valence-electron chi connectivity index (χ4n) is 2.54. The lowest BCUT2D eigenvalue weighted by molar-refractivity contribution is -0.111. The molecule has 0 saturated heterocycles.